The van der Waals surface area contributed by atoms with Crippen LogP contribution >= 0.6 is 11.3 Å². The van der Waals surface area contributed by atoms with E-state index in [2.05, 4.69) is 5.32 Å². The van der Waals surface area contributed by atoms with Gasteiger partial charge in [-0.1, -0.05) is 30.3 Å². The first kappa shape index (κ1) is 17.4. The van der Waals surface area contributed by atoms with Gasteiger partial charge < -0.3 is 10.4 Å². The Morgan fingerprint density at radius 3 is 2.48 bits per heavy atom. The van der Waals surface area contributed by atoms with Crippen molar-refractivity contribution in [2.75, 3.05) is 6.61 Å². The first-order valence-corrected chi connectivity index (χ1v) is 8.44. The van der Waals surface area contributed by atoms with Gasteiger partial charge in [0.25, 0.3) is 0 Å². The van der Waals surface area contributed by atoms with Gasteiger partial charge >= 0.3 is 0 Å². The summed E-state index contributed by atoms with van der Waals surface area (Å²) < 4.78 is 0. The molecule has 0 aliphatic heterocycles. The summed E-state index contributed by atoms with van der Waals surface area (Å²) in [5, 5.41) is 12.2. The van der Waals surface area contributed by atoms with Gasteiger partial charge in [0.15, 0.2) is 5.78 Å². The normalized spacial score (nSPS) is 11.9. The first-order chi connectivity index (χ1) is 11.1. The summed E-state index contributed by atoms with van der Waals surface area (Å²) in [6, 6.07) is 13.1. The zero-order chi connectivity index (χ0) is 16.7. The van der Waals surface area contributed by atoms with E-state index in [1.54, 1.807) is 6.07 Å². The van der Waals surface area contributed by atoms with Gasteiger partial charge in [0.05, 0.1) is 17.5 Å². The number of nitrogens with one attached hydrogen (secondary N) is 1. The Morgan fingerprint density at radius 1 is 1.13 bits per heavy atom. The van der Waals surface area contributed by atoms with Crippen molar-refractivity contribution in [3.8, 4) is 0 Å². The molecule has 2 N–H and O–H groups in total. The third kappa shape index (κ3) is 5.62. The number of Topliss-reactive ketones (excluding diaryl/α,β-unsaturated/α-hetero) is 1. The first-order valence-electron chi connectivity index (χ1n) is 7.62. The number of hydrogen-bond acceptors (Lipinski definition) is 4. The van der Waals surface area contributed by atoms with Gasteiger partial charge in [-0.05, 0) is 31.0 Å². The lowest BCUT2D eigenvalue weighted by Crippen LogP contribution is -2.39. The van der Waals surface area contributed by atoms with Crippen LogP contribution < -0.4 is 5.32 Å². The van der Waals surface area contributed by atoms with E-state index in [4.69, 9.17) is 0 Å². The van der Waals surface area contributed by atoms with E-state index < -0.39 is 0 Å². The molecule has 1 aromatic heterocycles. The number of hydrogen-bond donors (Lipinski definition) is 2. The Balaban J connectivity index is 1.79. The molecule has 2 rings (SSSR count). The van der Waals surface area contributed by atoms with E-state index >= 15 is 0 Å². The number of aliphatic hydroxyl groups is 1. The number of benzene rings is 1. The van der Waals surface area contributed by atoms with Crippen molar-refractivity contribution in [2.45, 2.75) is 32.2 Å². The second-order valence-corrected chi connectivity index (χ2v) is 6.76. The molecular weight excluding hydrogens is 310 g/mol. The Bertz CT molecular complexity index is 651. The van der Waals surface area contributed by atoms with Crippen LogP contribution in [0.2, 0.25) is 0 Å². The van der Waals surface area contributed by atoms with Crippen LogP contribution in [0.4, 0.5) is 0 Å². The summed E-state index contributed by atoms with van der Waals surface area (Å²) in [5.41, 5.74) is 1.05. The van der Waals surface area contributed by atoms with Gasteiger partial charge in [0, 0.05) is 17.7 Å². The molecule has 0 saturated carbocycles. The topological polar surface area (TPSA) is 66.4 Å². The predicted molar refractivity (Wildman–Crippen MR) is 91.8 cm³/mol. The van der Waals surface area contributed by atoms with Crippen LogP contribution in [0, 0.1) is 6.92 Å². The van der Waals surface area contributed by atoms with Crippen LogP contribution in [0.1, 0.15) is 33.0 Å². The highest BCUT2D eigenvalue weighted by molar-refractivity contribution is 7.14. The van der Waals surface area contributed by atoms with Crippen LogP contribution in [0.25, 0.3) is 0 Å². The number of aryl methyl sites for hydroxylation is 1. The van der Waals surface area contributed by atoms with E-state index in [1.807, 2.05) is 43.3 Å². The highest BCUT2D eigenvalue weighted by Gasteiger charge is 2.15. The van der Waals surface area contributed by atoms with Crippen molar-refractivity contribution in [3.05, 3.63) is 57.8 Å². The van der Waals surface area contributed by atoms with Crippen molar-refractivity contribution in [1.82, 2.24) is 5.32 Å². The smallest absolute Gasteiger partial charge is 0.220 e. The molecule has 2 aromatic rings. The number of amides is 1. The van der Waals surface area contributed by atoms with E-state index in [-0.39, 0.29) is 37.2 Å². The molecule has 5 heteroatoms. The Morgan fingerprint density at radius 2 is 1.87 bits per heavy atom. The molecule has 1 aromatic carbocycles. The molecule has 0 aliphatic rings. The van der Waals surface area contributed by atoms with Crippen molar-refractivity contribution < 1.29 is 14.7 Å². The number of carbonyl (C=O) groups is 2. The Labute approximate surface area is 140 Å². The maximum Gasteiger partial charge on any atom is 0.220 e. The Hall–Kier alpha value is -1.98. The molecular formula is C18H21NO3S. The third-order valence-corrected chi connectivity index (χ3v) is 4.55. The lowest BCUT2D eigenvalue weighted by atomic mass is 10.1. The van der Waals surface area contributed by atoms with Gasteiger partial charge in [0.2, 0.25) is 5.91 Å². The standard InChI is InChI=1S/C18H21NO3S/c1-13-7-9-17(23-13)16(21)8-10-18(22)19-15(12-20)11-14-5-3-2-4-6-14/h2-7,9,15,20H,8,10-12H2,1H3,(H,19,22). The highest BCUT2D eigenvalue weighted by atomic mass is 32.1. The van der Waals surface area contributed by atoms with Crippen LogP contribution in [0.3, 0.4) is 0 Å². The molecule has 1 atom stereocenters. The van der Waals surface area contributed by atoms with E-state index in [0.29, 0.717) is 11.3 Å². The number of aliphatic hydroxyl groups excluding tert-OH is 1. The number of thiophene rings is 1. The second kappa shape index (κ2) is 8.60. The fourth-order valence-corrected chi connectivity index (χ4v) is 3.13. The number of carbonyl (C=O) groups excluding carboxylic acids is 2. The molecule has 4 nitrogen and oxygen atoms in total. The molecule has 122 valence electrons. The summed E-state index contributed by atoms with van der Waals surface area (Å²) in [6.07, 6.45) is 0.900. The van der Waals surface area contributed by atoms with E-state index in [1.165, 1.54) is 11.3 Å². The van der Waals surface area contributed by atoms with E-state index in [0.717, 1.165) is 10.4 Å². The fourth-order valence-electron chi connectivity index (χ4n) is 2.29. The minimum absolute atomic E-state index is 0.0122. The highest BCUT2D eigenvalue weighted by Crippen LogP contribution is 2.17. The summed E-state index contributed by atoms with van der Waals surface area (Å²) in [5.74, 6) is -0.219. The molecule has 1 unspecified atom stereocenters. The maximum atomic E-state index is 12.0. The van der Waals surface area contributed by atoms with E-state index in [9.17, 15) is 14.7 Å². The molecule has 23 heavy (non-hydrogen) atoms. The monoisotopic (exact) mass is 331 g/mol. The quantitative estimate of drug-likeness (QED) is 0.731. The average Bonchev–Trinajstić information content (AvgIpc) is 2.99. The van der Waals surface area contributed by atoms with Crippen LogP contribution in [0.15, 0.2) is 42.5 Å². The van der Waals surface area contributed by atoms with Crippen LogP contribution in [-0.4, -0.2) is 29.4 Å². The maximum absolute atomic E-state index is 12.0. The Kier molecular flexibility index (Phi) is 6.50. The average molecular weight is 331 g/mol. The summed E-state index contributed by atoms with van der Waals surface area (Å²) >= 11 is 1.45. The van der Waals surface area contributed by atoms with Gasteiger partial charge in [-0.15, -0.1) is 11.3 Å². The minimum atomic E-state index is -0.330. The van der Waals surface area contributed by atoms with Crippen molar-refractivity contribution in [3.63, 3.8) is 0 Å². The molecule has 0 spiro atoms. The fraction of sp³-hybridized carbons (Fsp3) is 0.333. The number of ketones is 1. The lowest BCUT2D eigenvalue weighted by Gasteiger charge is -2.16. The largest absolute Gasteiger partial charge is 0.394 e. The zero-order valence-electron chi connectivity index (χ0n) is 13.1. The molecule has 0 radical (unpaired) electrons. The summed E-state index contributed by atoms with van der Waals surface area (Å²) in [4.78, 5) is 25.7. The summed E-state index contributed by atoms with van der Waals surface area (Å²) in [6.45, 7) is 1.82. The van der Waals surface area contributed by atoms with Crippen molar-refractivity contribution >= 4 is 23.0 Å². The molecule has 1 heterocycles. The van der Waals surface area contributed by atoms with Crippen LogP contribution in [-0.2, 0) is 11.2 Å². The van der Waals surface area contributed by atoms with Gasteiger partial charge in [0.1, 0.15) is 0 Å². The number of rotatable bonds is 8. The lowest BCUT2D eigenvalue weighted by molar-refractivity contribution is -0.122. The zero-order valence-corrected chi connectivity index (χ0v) is 13.9. The minimum Gasteiger partial charge on any atom is -0.394 e. The van der Waals surface area contributed by atoms with Crippen molar-refractivity contribution in [1.29, 1.82) is 0 Å². The molecule has 0 fully saturated rings. The summed E-state index contributed by atoms with van der Waals surface area (Å²) in [7, 11) is 0. The van der Waals surface area contributed by atoms with Gasteiger partial charge in [-0.3, -0.25) is 9.59 Å². The molecule has 0 bridgehead atoms. The third-order valence-electron chi connectivity index (χ3n) is 3.50. The second-order valence-electron chi connectivity index (χ2n) is 5.47. The van der Waals surface area contributed by atoms with Crippen molar-refractivity contribution in [2.24, 2.45) is 0 Å². The molecule has 0 saturated heterocycles. The van der Waals surface area contributed by atoms with Gasteiger partial charge in [-0.25, -0.2) is 0 Å². The SMILES string of the molecule is Cc1ccc(C(=O)CCC(=O)NC(CO)Cc2ccccc2)s1. The van der Waals surface area contributed by atoms with Gasteiger partial charge in [-0.2, -0.15) is 0 Å². The van der Waals surface area contributed by atoms with Crippen LogP contribution in [0.5, 0.6) is 0 Å². The predicted octanol–water partition coefficient (Wildman–Crippen LogP) is 2.74. The molecule has 1 amide bonds. The molecule has 0 aliphatic carbocycles.